The van der Waals surface area contributed by atoms with Crippen molar-refractivity contribution in [3.8, 4) is 0 Å². The molecular formula is C12H14O2Si. The highest BCUT2D eigenvalue weighted by Gasteiger charge is 2.07. The molecule has 0 bridgehead atoms. The normalized spacial score (nSPS) is 9.80. The van der Waals surface area contributed by atoms with Gasteiger partial charge in [-0.05, 0) is 31.5 Å². The summed E-state index contributed by atoms with van der Waals surface area (Å²) in [5, 5.41) is 1.07. The molecule has 0 atom stereocenters. The Kier molecular flexibility index (Phi) is 3.86. The number of carbonyl (C=O) groups is 1. The molecule has 0 saturated carbocycles. The van der Waals surface area contributed by atoms with E-state index in [1.165, 1.54) is 5.56 Å². The fourth-order valence-corrected chi connectivity index (χ4v) is 1.88. The first-order valence-electron chi connectivity index (χ1n) is 4.70. The van der Waals surface area contributed by atoms with Gasteiger partial charge in [-0.3, -0.25) is 0 Å². The van der Waals surface area contributed by atoms with Gasteiger partial charge in [-0.25, -0.2) is 4.79 Å². The van der Waals surface area contributed by atoms with Crippen molar-refractivity contribution >= 4 is 20.9 Å². The predicted molar refractivity (Wildman–Crippen MR) is 62.2 cm³/mol. The van der Waals surface area contributed by atoms with Gasteiger partial charge in [-0.15, -0.1) is 0 Å². The highest BCUT2D eigenvalue weighted by Crippen LogP contribution is 2.00. The Morgan fingerprint density at radius 2 is 2.07 bits per heavy atom. The topological polar surface area (TPSA) is 26.3 Å². The van der Waals surface area contributed by atoms with Crippen LogP contribution in [0, 0.1) is 13.8 Å². The van der Waals surface area contributed by atoms with Crippen LogP contribution in [-0.2, 0) is 9.22 Å². The van der Waals surface area contributed by atoms with Crippen molar-refractivity contribution in [1.82, 2.24) is 0 Å². The van der Waals surface area contributed by atoms with Crippen molar-refractivity contribution in [2.75, 3.05) is 0 Å². The molecule has 2 nitrogen and oxygen atoms in total. The maximum Gasteiger partial charge on any atom is 0.356 e. The molecule has 0 aromatic heterocycles. The number of hydrogen-bond acceptors (Lipinski definition) is 2. The van der Waals surface area contributed by atoms with Gasteiger partial charge in [-0.2, -0.15) is 0 Å². The summed E-state index contributed by atoms with van der Waals surface area (Å²) in [5.74, 6) is -0.326. The van der Waals surface area contributed by atoms with Crippen LogP contribution in [0.15, 0.2) is 30.4 Å². The van der Waals surface area contributed by atoms with E-state index in [-0.39, 0.29) is 15.7 Å². The summed E-state index contributed by atoms with van der Waals surface area (Å²) in [6.45, 7) is 9.24. The quantitative estimate of drug-likeness (QED) is 0.570. The van der Waals surface area contributed by atoms with Crippen molar-refractivity contribution in [2.24, 2.45) is 0 Å². The summed E-state index contributed by atoms with van der Waals surface area (Å²) in [6, 6.07) is 6.09. The lowest BCUT2D eigenvalue weighted by Gasteiger charge is -2.06. The van der Waals surface area contributed by atoms with Crippen LogP contribution >= 0.6 is 0 Å². The number of benzene rings is 1. The van der Waals surface area contributed by atoms with Crippen LogP contribution in [0.25, 0.3) is 0 Å². The van der Waals surface area contributed by atoms with Crippen LogP contribution in [0.4, 0.5) is 0 Å². The van der Waals surface area contributed by atoms with Crippen LogP contribution < -0.4 is 5.19 Å². The van der Waals surface area contributed by atoms with E-state index in [0.717, 1.165) is 10.8 Å². The molecule has 0 aliphatic carbocycles. The molecule has 2 radical (unpaired) electrons. The monoisotopic (exact) mass is 218 g/mol. The summed E-state index contributed by atoms with van der Waals surface area (Å²) in [7, 11) is 0.0624. The predicted octanol–water partition coefficient (Wildman–Crippen LogP) is 1.67. The zero-order valence-electron chi connectivity index (χ0n) is 9.26. The van der Waals surface area contributed by atoms with Crippen molar-refractivity contribution < 1.29 is 9.22 Å². The molecule has 15 heavy (non-hydrogen) atoms. The van der Waals surface area contributed by atoms with Gasteiger partial charge in [0.05, 0.1) is 0 Å². The molecule has 1 rings (SSSR count). The van der Waals surface area contributed by atoms with E-state index in [2.05, 4.69) is 12.6 Å². The van der Waals surface area contributed by atoms with Gasteiger partial charge in [-0.1, -0.05) is 30.3 Å². The molecule has 0 saturated heterocycles. The van der Waals surface area contributed by atoms with E-state index in [9.17, 15) is 4.79 Å². The molecule has 0 spiro atoms. The van der Waals surface area contributed by atoms with Crippen LogP contribution in [0.3, 0.4) is 0 Å². The summed E-state index contributed by atoms with van der Waals surface area (Å²) >= 11 is 0. The maximum atomic E-state index is 11.2. The first-order chi connectivity index (χ1) is 7.00. The summed E-state index contributed by atoms with van der Waals surface area (Å²) in [6.07, 6.45) is 0. The number of aryl methyl sites for hydroxylation is 2. The van der Waals surface area contributed by atoms with Crippen LogP contribution in [0.2, 0.25) is 0 Å². The Hall–Kier alpha value is -1.35. The van der Waals surface area contributed by atoms with Gasteiger partial charge in [0.15, 0.2) is 0 Å². The van der Waals surface area contributed by atoms with Crippen molar-refractivity contribution in [3.63, 3.8) is 0 Å². The molecule has 0 fully saturated rings. The van der Waals surface area contributed by atoms with E-state index in [0.29, 0.717) is 5.57 Å². The minimum absolute atomic E-state index is 0.0624. The third kappa shape index (κ3) is 3.36. The highest BCUT2D eigenvalue weighted by molar-refractivity contribution is 6.49. The minimum Gasteiger partial charge on any atom is -0.508 e. The maximum absolute atomic E-state index is 11.2. The van der Waals surface area contributed by atoms with E-state index >= 15 is 0 Å². The fourth-order valence-electron chi connectivity index (χ4n) is 1.12. The molecule has 3 heteroatoms. The van der Waals surface area contributed by atoms with Crippen LogP contribution in [-0.4, -0.2) is 15.7 Å². The lowest BCUT2D eigenvalue weighted by molar-refractivity contribution is -0.129. The first kappa shape index (κ1) is 11.7. The summed E-state index contributed by atoms with van der Waals surface area (Å²) in [5.41, 5.74) is 2.81. The van der Waals surface area contributed by atoms with Gasteiger partial charge in [0.25, 0.3) is 0 Å². The lowest BCUT2D eigenvalue weighted by atomic mass is 10.2. The summed E-state index contributed by atoms with van der Waals surface area (Å²) in [4.78, 5) is 11.2. The molecule has 0 unspecified atom stereocenters. The molecule has 78 valence electrons. The molecular weight excluding hydrogens is 204 g/mol. The Morgan fingerprint density at radius 3 is 2.60 bits per heavy atom. The largest absolute Gasteiger partial charge is 0.508 e. The fraction of sp³-hybridized carbons (Fsp3) is 0.250. The van der Waals surface area contributed by atoms with Crippen molar-refractivity contribution in [3.05, 3.63) is 41.5 Å². The SMILES string of the molecule is C=C(C)C(=O)O[Si]c1ccc(C)cc1C. The Labute approximate surface area is 92.9 Å². The molecule has 0 aliphatic heterocycles. The highest BCUT2D eigenvalue weighted by atomic mass is 28.2. The Morgan fingerprint density at radius 1 is 1.40 bits per heavy atom. The number of carbonyl (C=O) groups excluding carboxylic acids is 1. The van der Waals surface area contributed by atoms with Crippen molar-refractivity contribution in [2.45, 2.75) is 20.8 Å². The van der Waals surface area contributed by atoms with Gasteiger partial charge >= 0.3 is 15.7 Å². The second-order valence-electron chi connectivity index (χ2n) is 3.59. The van der Waals surface area contributed by atoms with E-state index in [4.69, 9.17) is 4.43 Å². The summed E-state index contributed by atoms with van der Waals surface area (Å²) < 4.78 is 5.10. The van der Waals surface area contributed by atoms with Crippen molar-refractivity contribution in [1.29, 1.82) is 0 Å². The first-order valence-corrected chi connectivity index (χ1v) is 5.61. The van der Waals surface area contributed by atoms with E-state index < -0.39 is 0 Å². The van der Waals surface area contributed by atoms with Gasteiger partial charge in [0, 0.05) is 5.57 Å². The van der Waals surface area contributed by atoms with Gasteiger partial charge < -0.3 is 4.43 Å². The van der Waals surface area contributed by atoms with E-state index in [1.54, 1.807) is 6.92 Å². The lowest BCUT2D eigenvalue weighted by Crippen LogP contribution is -2.23. The van der Waals surface area contributed by atoms with Crippen LogP contribution in [0.1, 0.15) is 18.1 Å². The second kappa shape index (κ2) is 4.93. The zero-order chi connectivity index (χ0) is 11.4. The van der Waals surface area contributed by atoms with Gasteiger partial charge in [0.1, 0.15) is 0 Å². The van der Waals surface area contributed by atoms with E-state index in [1.807, 2.05) is 26.0 Å². The smallest absolute Gasteiger partial charge is 0.356 e. The molecule has 1 aromatic rings. The second-order valence-corrected chi connectivity index (χ2v) is 4.54. The van der Waals surface area contributed by atoms with Crippen LogP contribution in [0.5, 0.6) is 0 Å². The third-order valence-electron chi connectivity index (χ3n) is 1.98. The van der Waals surface area contributed by atoms with Gasteiger partial charge in [0.2, 0.25) is 0 Å². The standard InChI is InChI=1S/C12H14O2Si/c1-8(2)12(13)14-15-11-6-5-9(3)7-10(11)4/h5-7H,1H2,2-4H3. The number of hydrogen-bond donors (Lipinski definition) is 0. The zero-order valence-corrected chi connectivity index (χ0v) is 10.3. The average Bonchev–Trinajstić information content (AvgIpc) is 2.15. The molecule has 0 amide bonds. The molecule has 0 aliphatic rings. The molecule has 1 aromatic carbocycles. The molecule has 0 heterocycles. The molecule has 0 N–H and O–H groups in total. The Bertz CT molecular complexity index is 397. The third-order valence-corrected chi connectivity index (χ3v) is 3.05. The average molecular weight is 218 g/mol. The Balaban J connectivity index is 2.66. The number of rotatable bonds is 3. The minimum atomic E-state index is -0.326.